The molecule has 26 heavy (non-hydrogen) atoms. The van der Waals surface area contributed by atoms with Crippen LogP contribution >= 0.6 is 0 Å². The van der Waals surface area contributed by atoms with Gasteiger partial charge in [0.25, 0.3) is 5.69 Å². The molecule has 0 bridgehead atoms. The first-order valence-electron chi connectivity index (χ1n) is 7.91. The number of carbonyl (C=O) groups is 1. The maximum atomic E-state index is 12.3. The van der Waals surface area contributed by atoms with Crippen LogP contribution in [0.3, 0.4) is 0 Å². The van der Waals surface area contributed by atoms with Crippen molar-refractivity contribution < 1.29 is 26.7 Å². The van der Waals surface area contributed by atoms with Gasteiger partial charge in [0, 0.05) is 29.8 Å². The summed E-state index contributed by atoms with van der Waals surface area (Å²) < 4.78 is 1.77. The molecule has 3 rings (SSSR count). The quantitative estimate of drug-likeness (QED) is 0.273. The molecule has 0 amide bonds. The van der Waals surface area contributed by atoms with Crippen molar-refractivity contribution in [1.29, 1.82) is 0 Å². The Morgan fingerprint density at radius 1 is 0.923 bits per heavy atom. The molecule has 0 fully saturated rings. The van der Waals surface area contributed by atoms with Gasteiger partial charge in [0.1, 0.15) is 0 Å². The van der Waals surface area contributed by atoms with E-state index >= 15 is 0 Å². The fraction of sp³-hybridized carbons (Fsp3) is 0.100. The Hall–Kier alpha value is -3.05. The van der Waals surface area contributed by atoms with E-state index in [0.29, 0.717) is 5.56 Å². The molecule has 3 aromatic rings. The molecule has 132 valence electrons. The van der Waals surface area contributed by atoms with Crippen molar-refractivity contribution in [3.05, 3.63) is 106 Å². The molecule has 0 unspecified atom stereocenters. The van der Waals surface area contributed by atoms with Gasteiger partial charge < -0.3 is 12.4 Å². The van der Waals surface area contributed by atoms with Crippen LogP contribution in [0.25, 0.3) is 0 Å². The summed E-state index contributed by atoms with van der Waals surface area (Å²) in [6, 6.07) is 19.9. The third kappa shape index (κ3) is 4.97. The molecule has 0 aliphatic carbocycles. The van der Waals surface area contributed by atoms with Crippen LogP contribution < -0.4 is 17.0 Å². The summed E-state index contributed by atoms with van der Waals surface area (Å²) >= 11 is 0. The lowest BCUT2D eigenvalue weighted by Gasteiger charge is -2.02. The second-order valence-corrected chi connectivity index (χ2v) is 5.77. The summed E-state index contributed by atoms with van der Waals surface area (Å²) in [5.74, 6) is -0.162. The average molecular weight is 369 g/mol. The first-order chi connectivity index (χ1) is 12.1. The number of nitro benzene ring substituents is 1. The second-order valence-electron chi connectivity index (χ2n) is 5.77. The van der Waals surface area contributed by atoms with E-state index in [2.05, 4.69) is 12.1 Å². The lowest BCUT2D eigenvalue weighted by atomic mass is 10.1. The summed E-state index contributed by atoms with van der Waals surface area (Å²) in [6.45, 7) is 0.146. The maximum absolute atomic E-state index is 12.3. The SMILES string of the molecule is O=C(C[n+]1ccc(Cc2ccccc2)cc1)c1cccc([N+](=O)[O-])c1.[Cl-]. The fourth-order valence-electron chi connectivity index (χ4n) is 2.59. The van der Waals surface area contributed by atoms with Gasteiger partial charge in [0.05, 0.1) is 4.92 Å². The Morgan fingerprint density at radius 2 is 1.58 bits per heavy atom. The number of nitrogens with zero attached hydrogens (tertiary/aromatic N) is 2. The summed E-state index contributed by atoms with van der Waals surface area (Å²) in [6.07, 6.45) is 4.54. The standard InChI is InChI=1S/C20H17N2O3.ClH/c23-20(18-7-4-8-19(14-18)22(24)25)15-21-11-9-17(10-12-21)13-16-5-2-1-3-6-16;/h1-12,14H,13,15H2;1H/q+1;/p-1. The van der Waals surface area contributed by atoms with Gasteiger partial charge >= 0.3 is 0 Å². The molecule has 0 aliphatic heterocycles. The molecule has 1 heterocycles. The lowest BCUT2D eigenvalue weighted by molar-refractivity contribution is -0.683. The molecule has 0 atom stereocenters. The third-order valence-corrected chi connectivity index (χ3v) is 3.92. The lowest BCUT2D eigenvalue weighted by Crippen LogP contribution is -3.00. The number of ketones is 1. The number of benzene rings is 2. The zero-order chi connectivity index (χ0) is 17.6. The number of rotatable bonds is 6. The minimum atomic E-state index is -0.498. The van der Waals surface area contributed by atoms with Crippen LogP contribution in [0.5, 0.6) is 0 Å². The highest BCUT2D eigenvalue weighted by atomic mass is 35.5. The van der Waals surface area contributed by atoms with E-state index < -0.39 is 4.92 Å². The molecule has 2 aromatic carbocycles. The summed E-state index contributed by atoms with van der Waals surface area (Å²) in [4.78, 5) is 22.6. The number of halogens is 1. The monoisotopic (exact) mass is 368 g/mol. The van der Waals surface area contributed by atoms with Crippen molar-refractivity contribution in [2.24, 2.45) is 0 Å². The van der Waals surface area contributed by atoms with Gasteiger partial charge in [-0.05, 0) is 17.5 Å². The third-order valence-electron chi connectivity index (χ3n) is 3.92. The van der Waals surface area contributed by atoms with E-state index in [1.54, 1.807) is 10.6 Å². The van der Waals surface area contributed by atoms with E-state index in [9.17, 15) is 14.9 Å². The Balaban J connectivity index is 0.00000243. The van der Waals surface area contributed by atoms with Crippen LogP contribution in [0.15, 0.2) is 79.1 Å². The molecule has 0 radical (unpaired) electrons. The largest absolute Gasteiger partial charge is 1.00 e. The van der Waals surface area contributed by atoms with E-state index in [4.69, 9.17) is 0 Å². The topological polar surface area (TPSA) is 64.1 Å². The second kappa shape index (κ2) is 8.87. The van der Waals surface area contributed by atoms with E-state index in [1.807, 2.05) is 42.7 Å². The van der Waals surface area contributed by atoms with Gasteiger partial charge in [-0.2, -0.15) is 4.57 Å². The highest BCUT2D eigenvalue weighted by Gasteiger charge is 2.15. The van der Waals surface area contributed by atoms with Crippen LogP contribution in [-0.2, 0) is 13.0 Å². The van der Waals surface area contributed by atoms with Crippen molar-refractivity contribution in [3.63, 3.8) is 0 Å². The molecular weight excluding hydrogens is 352 g/mol. The zero-order valence-electron chi connectivity index (χ0n) is 13.9. The summed E-state index contributed by atoms with van der Waals surface area (Å²) in [7, 11) is 0. The number of Topliss-reactive ketones (excluding diaryl/α,β-unsaturated/α-hetero) is 1. The van der Waals surface area contributed by atoms with Crippen molar-refractivity contribution in [2.75, 3.05) is 0 Å². The van der Waals surface area contributed by atoms with Gasteiger partial charge in [-0.25, -0.2) is 0 Å². The van der Waals surface area contributed by atoms with Gasteiger partial charge in [-0.15, -0.1) is 0 Å². The first-order valence-corrected chi connectivity index (χ1v) is 7.91. The molecule has 0 N–H and O–H groups in total. The van der Waals surface area contributed by atoms with Crippen molar-refractivity contribution >= 4 is 11.5 Å². The Kier molecular flexibility index (Phi) is 6.58. The number of non-ortho nitro benzene ring substituents is 1. The minimum Gasteiger partial charge on any atom is -1.00 e. The average Bonchev–Trinajstić information content (AvgIpc) is 2.64. The van der Waals surface area contributed by atoms with E-state index in [1.165, 1.54) is 23.8 Å². The Labute approximate surface area is 157 Å². The van der Waals surface area contributed by atoms with Crippen LogP contribution in [0.1, 0.15) is 21.5 Å². The molecule has 0 aliphatic rings. The maximum Gasteiger partial charge on any atom is 0.270 e. The smallest absolute Gasteiger partial charge is 0.270 e. The minimum absolute atomic E-state index is 0. The molecule has 1 aromatic heterocycles. The van der Waals surface area contributed by atoms with E-state index in [0.717, 1.165) is 12.0 Å². The van der Waals surface area contributed by atoms with Crippen LogP contribution in [0.4, 0.5) is 5.69 Å². The highest BCUT2D eigenvalue weighted by molar-refractivity contribution is 5.95. The number of hydrogen-bond donors (Lipinski definition) is 0. The van der Waals surface area contributed by atoms with Gasteiger partial charge in [0.2, 0.25) is 12.3 Å². The van der Waals surface area contributed by atoms with Crippen molar-refractivity contribution in [1.82, 2.24) is 0 Å². The number of carbonyl (C=O) groups excluding carboxylic acids is 1. The van der Waals surface area contributed by atoms with Crippen LogP contribution in [0.2, 0.25) is 0 Å². The first kappa shape index (κ1) is 19.3. The summed E-state index contributed by atoms with van der Waals surface area (Å²) in [5, 5.41) is 10.8. The molecule has 0 saturated carbocycles. The van der Waals surface area contributed by atoms with Crippen molar-refractivity contribution in [2.45, 2.75) is 13.0 Å². The fourth-order valence-corrected chi connectivity index (χ4v) is 2.59. The number of pyridine rings is 1. The molecule has 6 heteroatoms. The number of aromatic nitrogens is 1. The summed E-state index contributed by atoms with van der Waals surface area (Å²) in [5.41, 5.74) is 2.65. The molecule has 5 nitrogen and oxygen atoms in total. The predicted molar refractivity (Wildman–Crippen MR) is 93.3 cm³/mol. The Morgan fingerprint density at radius 3 is 2.23 bits per heavy atom. The molecule has 0 saturated heterocycles. The molecule has 0 spiro atoms. The molecular formula is C20H17ClN2O3. The number of hydrogen-bond acceptors (Lipinski definition) is 3. The Bertz CT molecular complexity index is 896. The van der Waals surface area contributed by atoms with Crippen molar-refractivity contribution in [3.8, 4) is 0 Å². The van der Waals surface area contributed by atoms with Crippen LogP contribution in [-0.4, -0.2) is 10.7 Å². The normalized spacial score (nSPS) is 10.0. The zero-order valence-corrected chi connectivity index (χ0v) is 14.7. The number of nitro groups is 1. The van der Waals surface area contributed by atoms with Gasteiger partial charge in [-0.3, -0.25) is 14.9 Å². The highest BCUT2D eigenvalue weighted by Crippen LogP contribution is 2.13. The predicted octanol–water partition coefficient (Wildman–Crippen LogP) is 0.360. The van der Waals surface area contributed by atoms with Crippen LogP contribution in [0, 0.1) is 10.1 Å². The van der Waals surface area contributed by atoms with Gasteiger partial charge in [0.15, 0.2) is 12.4 Å². The van der Waals surface area contributed by atoms with Gasteiger partial charge in [-0.1, -0.05) is 42.5 Å². The van der Waals surface area contributed by atoms with E-state index in [-0.39, 0.29) is 30.4 Å².